The molecule has 3 N–H and O–H groups in total. The Bertz CT molecular complexity index is 599. The van der Waals surface area contributed by atoms with Crippen LogP contribution < -0.4 is 11.1 Å². The van der Waals surface area contributed by atoms with Gasteiger partial charge in [0.15, 0.2) is 0 Å². The molecule has 4 heteroatoms. The van der Waals surface area contributed by atoms with Crippen LogP contribution in [0.15, 0.2) is 36.4 Å². The number of rotatable bonds is 5. The van der Waals surface area contributed by atoms with Crippen LogP contribution in [0, 0.1) is 0 Å². The minimum Gasteiger partial charge on any atom is -0.351 e. The summed E-state index contributed by atoms with van der Waals surface area (Å²) in [5.74, 6) is 0.0367. The van der Waals surface area contributed by atoms with Gasteiger partial charge in [0.2, 0.25) is 0 Å². The lowest BCUT2D eigenvalue weighted by atomic mass is 10.1. The van der Waals surface area contributed by atoms with Gasteiger partial charge < -0.3 is 11.1 Å². The first kappa shape index (κ1) is 14.3. The minimum absolute atomic E-state index is 0.0279. The lowest BCUT2D eigenvalue weighted by molar-refractivity contribution is 0.0956. The van der Waals surface area contributed by atoms with E-state index in [-0.39, 0.29) is 11.9 Å². The lowest BCUT2D eigenvalue weighted by Crippen LogP contribution is -2.26. The quantitative estimate of drug-likeness (QED) is 0.891. The van der Waals surface area contributed by atoms with E-state index in [1.807, 2.05) is 30.3 Å². The van der Waals surface area contributed by atoms with Gasteiger partial charge in [-0.25, -0.2) is 0 Å². The number of thiophene rings is 1. The third-order valence-corrected chi connectivity index (χ3v) is 5.17. The summed E-state index contributed by atoms with van der Waals surface area (Å²) in [4.78, 5) is 14.4. The van der Waals surface area contributed by atoms with Crippen LogP contribution in [0.2, 0.25) is 0 Å². The Morgan fingerprint density at radius 3 is 2.86 bits per heavy atom. The van der Waals surface area contributed by atoms with Crippen molar-refractivity contribution in [3.63, 3.8) is 0 Å². The Labute approximate surface area is 129 Å². The highest BCUT2D eigenvalue weighted by Crippen LogP contribution is 2.30. The van der Waals surface area contributed by atoms with Gasteiger partial charge in [0, 0.05) is 17.5 Å². The van der Waals surface area contributed by atoms with Crippen molar-refractivity contribution >= 4 is 17.2 Å². The van der Waals surface area contributed by atoms with Gasteiger partial charge in [-0.05, 0) is 42.9 Å². The first-order valence-electron chi connectivity index (χ1n) is 7.44. The minimum atomic E-state index is -0.0279. The van der Waals surface area contributed by atoms with Gasteiger partial charge in [0.25, 0.3) is 5.91 Å². The van der Waals surface area contributed by atoms with Gasteiger partial charge in [-0.1, -0.05) is 30.3 Å². The average molecular weight is 300 g/mol. The highest BCUT2D eigenvalue weighted by molar-refractivity contribution is 7.14. The fraction of sp³-hybridized carbons (Fsp3) is 0.353. The Morgan fingerprint density at radius 1 is 1.29 bits per heavy atom. The highest BCUT2D eigenvalue weighted by Gasteiger charge is 2.18. The first-order valence-corrected chi connectivity index (χ1v) is 8.26. The molecule has 1 aliphatic rings. The van der Waals surface area contributed by atoms with Gasteiger partial charge in [-0.3, -0.25) is 4.79 Å². The van der Waals surface area contributed by atoms with E-state index in [1.165, 1.54) is 16.9 Å². The average Bonchev–Trinajstić information content (AvgIpc) is 3.09. The normalized spacial score (nSPS) is 14.7. The van der Waals surface area contributed by atoms with Crippen LogP contribution in [-0.4, -0.2) is 12.5 Å². The van der Waals surface area contributed by atoms with Crippen molar-refractivity contribution in [2.24, 2.45) is 5.73 Å². The van der Waals surface area contributed by atoms with Crippen molar-refractivity contribution < 1.29 is 4.79 Å². The van der Waals surface area contributed by atoms with E-state index < -0.39 is 0 Å². The predicted octanol–water partition coefficient (Wildman–Crippen LogP) is 3.06. The molecule has 1 heterocycles. The summed E-state index contributed by atoms with van der Waals surface area (Å²) in [6.45, 7) is 0.609. The lowest BCUT2D eigenvalue weighted by Gasteiger charge is -2.12. The van der Waals surface area contributed by atoms with Crippen LogP contribution in [0.4, 0.5) is 0 Å². The van der Waals surface area contributed by atoms with Gasteiger partial charge in [-0.15, -0.1) is 11.3 Å². The molecule has 1 aromatic heterocycles. The molecule has 0 fully saturated rings. The smallest absolute Gasteiger partial charge is 0.261 e. The van der Waals surface area contributed by atoms with Crippen LogP contribution in [0.25, 0.3) is 0 Å². The Morgan fingerprint density at radius 2 is 2.10 bits per heavy atom. The molecular formula is C17H20N2OS. The zero-order valence-electron chi connectivity index (χ0n) is 12.0. The van der Waals surface area contributed by atoms with E-state index in [0.717, 1.165) is 29.7 Å². The van der Waals surface area contributed by atoms with E-state index in [0.29, 0.717) is 6.54 Å². The summed E-state index contributed by atoms with van der Waals surface area (Å²) in [6, 6.07) is 12.0. The third-order valence-electron chi connectivity index (χ3n) is 3.94. The molecule has 21 heavy (non-hydrogen) atoms. The number of amides is 1. The molecule has 0 radical (unpaired) electrons. The molecule has 1 atom stereocenters. The first-order chi connectivity index (χ1) is 10.2. The van der Waals surface area contributed by atoms with Crippen molar-refractivity contribution in [2.75, 3.05) is 6.54 Å². The fourth-order valence-electron chi connectivity index (χ4n) is 2.74. The molecule has 1 aromatic carbocycles. The molecule has 1 aliphatic carbocycles. The Balaban J connectivity index is 1.49. The Hall–Kier alpha value is -1.65. The van der Waals surface area contributed by atoms with Gasteiger partial charge in [-0.2, -0.15) is 0 Å². The molecule has 1 unspecified atom stereocenters. The van der Waals surface area contributed by atoms with E-state index in [2.05, 4.69) is 11.4 Å². The van der Waals surface area contributed by atoms with E-state index >= 15 is 0 Å². The summed E-state index contributed by atoms with van der Waals surface area (Å²) in [5.41, 5.74) is 8.61. The molecule has 2 aromatic rings. The van der Waals surface area contributed by atoms with E-state index in [9.17, 15) is 4.79 Å². The predicted molar refractivity (Wildman–Crippen MR) is 86.7 cm³/mol. The number of hydrogen-bond donors (Lipinski definition) is 2. The summed E-state index contributed by atoms with van der Waals surface area (Å²) in [6.07, 6.45) is 4.24. The molecule has 3 rings (SSSR count). The van der Waals surface area contributed by atoms with Gasteiger partial charge in [0.1, 0.15) is 0 Å². The van der Waals surface area contributed by atoms with Crippen LogP contribution in [-0.2, 0) is 12.8 Å². The number of benzene rings is 1. The molecule has 0 aliphatic heterocycles. The SMILES string of the molecule is NC(CCNC(=O)c1cc2c(s1)CCC2)c1ccccc1. The summed E-state index contributed by atoms with van der Waals surface area (Å²) in [5, 5.41) is 2.98. The third kappa shape index (κ3) is 3.34. The maximum Gasteiger partial charge on any atom is 0.261 e. The second-order valence-electron chi connectivity index (χ2n) is 5.47. The molecule has 110 valence electrons. The monoisotopic (exact) mass is 300 g/mol. The standard InChI is InChI=1S/C17H20N2OS/c18-14(12-5-2-1-3-6-12)9-10-19-17(20)16-11-13-7-4-8-15(13)21-16/h1-3,5-6,11,14H,4,7-10,18H2,(H,19,20). The van der Waals surface area contributed by atoms with Crippen molar-refractivity contribution in [2.45, 2.75) is 31.7 Å². The van der Waals surface area contributed by atoms with E-state index in [1.54, 1.807) is 11.3 Å². The topological polar surface area (TPSA) is 55.1 Å². The summed E-state index contributed by atoms with van der Waals surface area (Å²) < 4.78 is 0. The Kier molecular flexibility index (Phi) is 4.36. The molecule has 0 saturated heterocycles. The van der Waals surface area contributed by atoms with Crippen molar-refractivity contribution in [1.29, 1.82) is 0 Å². The second-order valence-corrected chi connectivity index (χ2v) is 6.61. The number of fused-ring (bicyclic) bond motifs is 1. The molecular weight excluding hydrogens is 280 g/mol. The fourth-order valence-corrected chi connectivity index (χ4v) is 3.91. The molecule has 0 saturated carbocycles. The molecule has 1 amide bonds. The largest absolute Gasteiger partial charge is 0.351 e. The van der Waals surface area contributed by atoms with Crippen LogP contribution in [0.3, 0.4) is 0 Å². The highest BCUT2D eigenvalue weighted by atomic mass is 32.1. The van der Waals surface area contributed by atoms with Crippen molar-refractivity contribution in [3.8, 4) is 0 Å². The number of hydrogen-bond acceptors (Lipinski definition) is 3. The summed E-state index contributed by atoms with van der Waals surface area (Å²) in [7, 11) is 0. The number of carbonyl (C=O) groups excluding carboxylic acids is 1. The maximum absolute atomic E-state index is 12.1. The second kappa shape index (κ2) is 6.41. The van der Waals surface area contributed by atoms with Gasteiger partial charge in [0.05, 0.1) is 4.88 Å². The van der Waals surface area contributed by atoms with Crippen LogP contribution in [0.5, 0.6) is 0 Å². The van der Waals surface area contributed by atoms with Crippen LogP contribution in [0.1, 0.15) is 44.6 Å². The molecule has 0 spiro atoms. The number of aryl methyl sites for hydroxylation is 2. The van der Waals surface area contributed by atoms with Gasteiger partial charge >= 0.3 is 0 Å². The van der Waals surface area contributed by atoms with E-state index in [4.69, 9.17) is 5.73 Å². The van der Waals surface area contributed by atoms with Crippen molar-refractivity contribution in [1.82, 2.24) is 5.32 Å². The molecule has 0 bridgehead atoms. The number of carbonyl (C=O) groups is 1. The molecule has 3 nitrogen and oxygen atoms in total. The zero-order chi connectivity index (χ0) is 14.7. The van der Waals surface area contributed by atoms with Crippen LogP contribution >= 0.6 is 11.3 Å². The number of nitrogens with one attached hydrogen (secondary N) is 1. The zero-order valence-corrected chi connectivity index (χ0v) is 12.8. The number of nitrogens with two attached hydrogens (primary N) is 1. The summed E-state index contributed by atoms with van der Waals surface area (Å²) >= 11 is 1.64. The van der Waals surface area contributed by atoms with Crippen molar-refractivity contribution in [3.05, 3.63) is 57.3 Å². The maximum atomic E-state index is 12.1.